The molecule has 0 spiro atoms. The van der Waals surface area contributed by atoms with Crippen molar-refractivity contribution in [3.05, 3.63) is 80.5 Å². The molecule has 0 bridgehead atoms. The first-order chi connectivity index (χ1) is 14.4. The van der Waals surface area contributed by atoms with E-state index in [0.717, 1.165) is 0 Å². The van der Waals surface area contributed by atoms with Crippen LogP contribution in [0.15, 0.2) is 65.1 Å². The summed E-state index contributed by atoms with van der Waals surface area (Å²) in [4.78, 5) is 36.2. The van der Waals surface area contributed by atoms with Crippen molar-refractivity contribution < 1.29 is 19.1 Å². The minimum Gasteiger partial charge on any atom is -0.422 e. The highest BCUT2D eigenvalue weighted by Gasteiger charge is 2.15. The monoisotopic (exact) mass is 461 g/mol. The van der Waals surface area contributed by atoms with Crippen LogP contribution in [0, 0.1) is 0 Å². The molecule has 2 amide bonds. The van der Waals surface area contributed by atoms with Gasteiger partial charge in [-0.25, -0.2) is 10.2 Å². The van der Waals surface area contributed by atoms with Crippen LogP contribution in [0.3, 0.4) is 0 Å². The molecule has 1 aromatic heterocycles. The molecule has 30 heavy (non-hydrogen) atoms. The molecule has 0 unspecified atom stereocenters. The Morgan fingerprint density at radius 1 is 1.00 bits per heavy atom. The molecule has 0 atom stereocenters. The van der Waals surface area contributed by atoms with Crippen molar-refractivity contribution in [2.45, 2.75) is 0 Å². The zero-order valence-corrected chi connectivity index (χ0v) is 17.4. The zero-order valence-electron chi connectivity index (χ0n) is 15.1. The Kier molecular flexibility index (Phi) is 7.18. The first kappa shape index (κ1) is 21.5. The van der Waals surface area contributed by atoms with Gasteiger partial charge in [0.1, 0.15) is 10.6 Å². The van der Waals surface area contributed by atoms with E-state index in [1.54, 1.807) is 47.8 Å². The van der Waals surface area contributed by atoms with Gasteiger partial charge in [0.05, 0.1) is 16.9 Å². The lowest BCUT2D eigenvalue weighted by atomic mass is 10.2. The maximum Gasteiger partial charge on any atom is 0.353 e. The first-order valence-corrected chi connectivity index (χ1v) is 10.0. The fourth-order valence-corrected chi connectivity index (χ4v) is 3.10. The number of thiophene rings is 1. The van der Waals surface area contributed by atoms with E-state index < -0.39 is 17.8 Å². The molecule has 0 saturated carbocycles. The summed E-state index contributed by atoms with van der Waals surface area (Å²) in [5, 5.41) is 8.46. The lowest BCUT2D eigenvalue weighted by Gasteiger charge is -2.06. The van der Waals surface area contributed by atoms with Crippen LogP contribution in [0.2, 0.25) is 10.0 Å². The summed E-state index contributed by atoms with van der Waals surface area (Å²) >= 11 is 13.1. The number of hydrogen-bond donors (Lipinski definition) is 2. The third-order valence-corrected chi connectivity index (χ3v) is 4.99. The Bertz CT molecular complexity index is 1100. The molecule has 3 aromatic rings. The minimum absolute atomic E-state index is 0.209. The van der Waals surface area contributed by atoms with Crippen LogP contribution in [0.5, 0.6) is 5.75 Å². The molecular weight excluding hydrogens is 449 g/mol. The van der Waals surface area contributed by atoms with Gasteiger partial charge in [-0.1, -0.05) is 29.3 Å². The van der Waals surface area contributed by atoms with Crippen LogP contribution in [0.1, 0.15) is 15.2 Å². The van der Waals surface area contributed by atoms with Crippen LogP contribution in [0.4, 0.5) is 5.69 Å². The molecule has 0 radical (unpaired) electrons. The van der Waals surface area contributed by atoms with Crippen LogP contribution < -0.4 is 15.5 Å². The lowest BCUT2D eigenvalue weighted by Crippen LogP contribution is -2.32. The Labute approximate surface area is 185 Å². The van der Waals surface area contributed by atoms with E-state index in [1.807, 2.05) is 0 Å². The van der Waals surface area contributed by atoms with Crippen molar-refractivity contribution in [3.8, 4) is 5.75 Å². The highest BCUT2D eigenvalue weighted by atomic mass is 35.5. The number of carbonyl (C=O) groups excluding carboxylic acids is 3. The average molecular weight is 462 g/mol. The van der Waals surface area contributed by atoms with Crippen molar-refractivity contribution >= 4 is 64.2 Å². The van der Waals surface area contributed by atoms with E-state index in [0.29, 0.717) is 21.2 Å². The third-order valence-electron chi connectivity index (χ3n) is 3.58. The Balaban J connectivity index is 1.52. The zero-order chi connectivity index (χ0) is 21.5. The topological polar surface area (TPSA) is 96.9 Å². The molecule has 0 aliphatic rings. The van der Waals surface area contributed by atoms with Crippen molar-refractivity contribution in [1.82, 2.24) is 5.43 Å². The predicted octanol–water partition coefficient (Wildman–Crippen LogP) is 4.36. The highest BCUT2D eigenvalue weighted by molar-refractivity contribution is 7.12. The number of ether oxygens (including phenoxy) is 1. The Morgan fingerprint density at radius 3 is 2.47 bits per heavy atom. The van der Waals surface area contributed by atoms with Crippen LogP contribution in [0.25, 0.3) is 0 Å². The number of carbonyl (C=O) groups is 3. The van der Waals surface area contributed by atoms with Gasteiger partial charge in [-0.15, -0.1) is 11.3 Å². The van der Waals surface area contributed by atoms with Gasteiger partial charge in [0.15, 0.2) is 0 Å². The number of anilines is 1. The van der Waals surface area contributed by atoms with Gasteiger partial charge in [-0.3, -0.25) is 9.59 Å². The smallest absolute Gasteiger partial charge is 0.353 e. The summed E-state index contributed by atoms with van der Waals surface area (Å²) in [5.74, 6) is -2.01. The van der Waals surface area contributed by atoms with Crippen molar-refractivity contribution in [2.75, 3.05) is 5.32 Å². The number of halogens is 2. The number of hydrazone groups is 1. The second-order valence-corrected chi connectivity index (χ2v) is 7.50. The molecule has 0 saturated heterocycles. The molecule has 3 rings (SSSR count). The number of benzene rings is 2. The lowest BCUT2D eigenvalue weighted by molar-refractivity contribution is -0.136. The van der Waals surface area contributed by atoms with E-state index in [2.05, 4.69) is 15.8 Å². The number of esters is 1. The molecule has 0 aliphatic carbocycles. The van der Waals surface area contributed by atoms with E-state index in [-0.39, 0.29) is 10.7 Å². The summed E-state index contributed by atoms with van der Waals surface area (Å²) in [6, 6.07) is 14.4. The summed E-state index contributed by atoms with van der Waals surface area (Å²) in [7, 11) is 0. The molecule has 2 aromatic carbocycles. The van der Waals surface area contributed by atoms with Gasteiger partial charge < -0.3 is 10.1 Å². The van der Waals surface area contributed by atoms with Crippen LogP contribution in [-0.4, -0.2) is 24.0 Å². The molecule has 10 heteroatoms. The van der Waals surface area contributed by atoms with Crippen molar-refractivity contribution in [3.63, 3.8) is 0 Å². The Morgan fingerprint density at radius 2 is 1.77 bits per heavy atom. The second kappa shape index (κ2) is 10.0. The van der Waals surface area contributed by atoms with Crippen LogP contribution in [-0.2, 0) is 9.59 Å². The van der Waals surface area contributed by atoms with Gasteiger partial charge in [-0.2, -0.15) is 5.10 Å². The number of nitrogens with one attached hydrogen (secondary N) is 2. The van der Waals surface area contributed by atoms with Gasteiger partial charge in [-0.05, 0) is 59.5 Å². The van der Waals surface area contributed by atoms with Gasteiger partial charge in [0.25, 0.3) is 0 Å². The fraction of sp³-hybridized carbons (Fsp3) is 0. The number of amides is 2. The van der Waals surface area contributed by atoms with Crippen LogP contribution >= 0.6 is 34.5 Å². The molecule has 152 valence electrons. The summed E-state index contributed by atoms with van der Waals surface area (Å²) in [6.45, 7) is 0. The second-order valence-electron chi connectivity index (χ2n) is 5.71. The summed E-state index contributed by atoms with van der Waals surface area (Å²) in [5.41, 5.74) is 2.93. The maximum absolute atomic E-state index is 11.9. The Hall–Kier alpha value is -3.20. The minimum atomic E-state index is -0.983. The van der Waals surface area contributed by atoms with Gasteiger partial charge in [0, 0.05) is 5.02 Å². The quantitative estimate of drug-likeness (QED) is 0.194. The van der Waals surface area contributed by atoms with Crippen molar-refractivity contribution in [1.29, 1.82) is 0 Å². The molecule has 1 heterocycles. The largest absolute Gasteiger partial charge is 0.422 e. The number of nitrogens with zero attached hydrogens (tertiary/aromatic N) is 1. The average Bonchev–Trinajstić information content (AvgIpc) is 3.27. The molecule has 0 fully saturated rings. The predicted molar refractivity (Wildman–Crippen MR) is 117 cm³/mol. The van der Waals surface area contributed by atoms with E-state index in [1.165, 1.54) is 29.7 Å². The standard InChI is InChI=1S/C20H13Cl2N3O4S/c21-13-5-8-15(22)16(10-13)24-18(26)19(27)25-23-11-12-3-6-14(7-4-12)29-20(28)17-2-1-9-30-17/h1-11H,(H,24,26)(H,25,27). The SMILES string of the molecule is O=C(NN=Cc1ccc(OC(=O)c2cccs2)cc1)C(=O)Nc1cc(Cl)ccc1Cl. The number of hydrogen-bond acceptors (Lipinski definition) is 6. The van der Waals surface area contributed by atoms with E-state index in [9.17, 15) is 14.4 Å². The van der Waals surface area contributed by atoms with Gasteiger partial charge >= 0.3 is 17.8 Å². The van der Waals surface area contributed by atoms with Gasteiger partial charge in [0.2, 0.25) is 0 Å². The highest BCUT2D eigenvalue weighted by Crippen LogP contribution is 2.25. The molecular formula is C20H13Cl2N3O4S. The van der Waals surface area contributed by atoms with Crippen molar-refractivity contribution in [2.24, 2.45) is 5.10 Å². The summed E-state index contributed by atoms with van der Waals surface area (Å²) < 4.78 is 5.25. The summed E-state index contributed by atoms with van der Waals surface area (Å²) in [6.07, 6.45) is 1.34. The van der Waals surface area contributed by atoms with E-state index >= 15 is 0 Å². The normalized spacial score (nSPS) is 10.6. The molecule has 0 aliphatic heterocycles. The third kappa shape index (κ3) is 5.90. The molecule has 2 N–H and O–H groups in total. The maximum atomic E-state index is 11.9. The first-order valence-electron chi connectivity index (χ1n) is 8.37. The fourth-order valence-electron chi connectivity index (χ4n) is 2.16. The number of rotatable bonds is 5. The van der Waals surface area contributed by atoms with E-state index in [4.69, 9.17) is 27.9 Å². The molecule has 7 nitrogen and oxygen atoms in total.